The Kier molecular flexibility index (Phi) is 5.92. The predicted octanol–water partition coefficient (Wildman–Crippen LogP) is 4.41. The molecule has 0 spiro atoms. The van der Waals surface area contributed by atoms with Crippen molar-refractivity contribution < 1.29 is 13.9 Å². The molecule has 4 aromatic rings. The molecular weight excluding hydrogens is 412 g/mol. The summed E-state index contributed by atoms with van der Waals surface area (Å²) < 4.78 is 12.6. The number of ether oxygens (including phenoxy) is 1. The van der Waals surface area contributed by atoms with Crippen LogP contribution in [0.2, 0.25) is 5.02 Å². The molecule has 146 valence electrons. The van der Waals surface area contributed by atoms with Gasteiger partial charge in [0.2, 0.25) is 5.89 Å². The van der Waals surface area contributed by atoms with Crippen LogP contribution in [-0.4, -0.2) is 31.7 Å². The van der Waals surface area contributed by atoms with Gasteiger partial charge in [0.05, 0.1) is 5.69 Å². The number of aromatic nitrogens is 4. The first-order valence-corrected chi connectivity index (χ1v) is 10.0. The van der Waals surface area contributed by atoms with Crippen LogP contribution in [-0.2, 0) is 16.1 Å². The summed E-state index contributed by atoms with van der Waals surface area (Å²) >= 11 is 7.00. The van der Waals surface area contributed by atoms with Gasteiger partial charge in [0, 0.05) is 23.0 Å². The van der Waals surface area contributed by atoms with E-state index in [1.54, 1.807) is 35.1 Å². The number of nitrogens with zero attached hydrogens (tertiary/aromatic N) is 4. The average molecular weight is 427 g/mol. The molecule has 2 aromatic carbocycles. The average Bonchev–Trinajstić information content (AvgIpc) is 3.44. The van der Waals surface area contributed by atoms with Gasteiger partial charge in [0.25, 0.3) is 5.22 Å². The van der Waals surface area contributed by atoms with E-state index >= 15 is 0 Å². The molecule has 4 rings (SSSR count). The van der Waals surface area contributed by atoms with Gasteiger partial charge in [0.1, 0.15) is 12.4 Å². The fourth-order valence-electron chi connectivity index (χ4n) is 2.47. The number of thioether (sulfide) groups is 1. The zero-order valence-electron chi connectivity index (χ0n) is 15.1. The van der Waals surface area contributed by atoms with Gasteiger partial charge in [-0.05, 0) is 48.0 Å². The first-order chi connectivity index (χ1) is 14.2. The second-order valence-corrected chi connectivity index (χ2v) is 7.31. The molecule has 0 saturated heterocycles. The summed E-state index contributed by atoms with van der Waals surface area (Å²) in [5.41, 5.74) is 2.59. The van der Waals surface area contributed by atoms with Crippen molar-refractivity contribution in [2.75, 3.05) is 5.75 Å². The third-order valence-electron chi connectivity index (χ3n) is 3.92. The first kappa shape index (κ1) is 19.2. The largest absolute Gasteiger partial charge is 0.460 e. The van der Waals surface area contributed by atoms with Crippen molar-refractivity contribution >= 4 is 29.3 Å². The van der Waals surface area contributed by atoms with Crippen molar-refractivity contribution in [1.29, 1.82) is 0 Å². The van der Waals surface area contributed by atoms with E-state index in [9.17, 15) is 4.79 Å². The van der Waals surface area contributed by atoms with E-state index in [1.165, 1.54) is 0 Å². The molecule has 0 amide bonds. The highest BCUT2D eigenvalue weighted by Crippen LogP contribution is 2.24. The van der Waals surface area contributed by atoms with Crippen LogP contribution in [0.4, 0.5) is 0 Å². The second kappa shape index (κ2) is 8.93. The quantitative estimate of drug-likeness (QED) is 0.319. The molecule has 0 aliphatic rings. The van der Waals surface area contributed by atoms with Crippen molar-refractivity contribution in [3.8, 4) is 17.1 Å². The lowest BCUT2D eigenvalue weighted by atomic mass is 10.2. The predicted molar refractivity (Wildman–Crippen MR) is 109 cm³/mol. The van der Waals surface area contributed by atoms with Gasteiger partial charge in [0.15, 0.2) is 0 Å². The standard InChI is InChI=1S/C20H15ClN4O3S/c21-16-6-4-15(5-7-16)19-23-24-20(28-19)29-13-18(26)27-12-14-2-8-17(9-3-14)25-11-1-10-22-25/h1-11H,12-13H2. The maximum Gasteiger partial charge on any atom is 0.316 e. The fraction of sp³-hybridized carbons (Fsp3) is 0.100. The third kappa shape index (κ3) is 5.04. The Morgan fingerprint density at radius 3 is 2.62 bits per heavy atom. The minimum absolute atomic E-state index is 0.0770. The number of hydrogen-bond acceptors (Lipinski definition) is 7. The van der Waals surface area contributed by atoms with E-state index < -0.39 is 0 Å². The maximum atomic E-state index is 12.0. The molecule has 0 bridgehead atoms. The summed E-state index contributed by atoms with van der Waals surface area (Å²) in [4.78, 5) is 12.0. The first-order valence-electron chi connectivity index (χ1n) is 8.64. The van der Waals surface area contributed by atoms with Crippen LogP contribution in [0.25, 0.3) is 17.1 Å². The van der Waals surface area contributed by atoms with Crippen molar-refractivity contribution in [2.24, 2.45) is 0 Å². The van der Waals surface area contributed by atoms with Crippen molar-refractivity contribution in [2.45, 2.75) is 11.8 Å². The highest BCUT2D eigenvalue weighted by atomic mass is 35.5. The molecule has 2 aromatic heterocycles. The van der Waals surface area contributed by atoms with Crippen LogP contribution in [0.5, 0.6) is 0 Å². The Balaban J connectivity index is 1.25. The van der Waals surface area contributed by atoms with E-state index in [1.807, 2.05) is 36.5 Å². The smallest absolute Gasteiger partial charge is 0.316 e. The molecule has 0 unspecified atom stereocenters. The molecule has 29 heavy (non-hydrogen) atoms. The lowest BCUT2D eigenvalue weighted by Gasteiger charge is -2.06. The molecule has 0 saturated carbocycles. The van der Waals surface area contributed by atoms with Crippen LogP contribution >= 0.6 is 23.4 Å². The Morgan fingerprint density at radius 2 is 1.90 bits per heavy atom. The fourth-order valence-corrected chi connectivity index (χ4v) is 3.16. The normalized spacial score (nSPS) is 10.8. The number of halogens is 1. The summed E-state index contributed by atoms with van der Waals surface area (Å²) in [5, 5.41) is 13.0. The molecule has 0 radical (unpaired) electrons. The van der Waals surface area contributed by atoms with Crippen LogP contribution in [0.3, 0.4) is 0 Å². The minimum atomic E-state index is -0.364. The van der Waals surface area contributed by atoms with E-state index in [0.717, 1.165) is 28.6 Å². The molecule has 7 nitrogen and oxygen atoms in total. The summed E-state index contributed by atoms with van der Waals surface area (Å²) in [6.07, 6.45) is 3.58. The molecule has 2 heterocycles. The van der Waals surface area contributed by atoms with Gasteiger partial charge in [-0.3, -0.25) is 4.79 Å². The van der Waals surface area contributed by atoms with Crippen LogP contribution in [0, 0.1) is 0 Å². The van der Waals surface area contributed by atoms with Crippen molar-refractivity contribution in [3.05, 3.63) is 77.6 Å². The number of carbonyl (C=O) groups excluding carboxylic acids is 1. The third-order valence-corrected chi connectivity index (χ3v) is 4.96. The maximum absolute atomic E-state index is 12.0. The van der Waals surface area contributed by atoms with E-state index in [4.69, 9.17) is 20.8 Å². The monoisotopic (exact) mass is 426 g/mol. The van der Waals surface area contributed by atoms with Gasteiger partial charge < -0.3 is 9.15 Å². The van der Waals surface area contributed by atoms with Crippen molar-refractivity contribution in [1.82, 2.24) is 20.0 Å². The molecule has 0 aliphatic heterocycles. The van der Waals surface area contributed by atoms with Gasteiger partial charge in [-0.25, -0.2) is 4.68 Å². The molecule has 0 atom stereocenters. The van der Waals surface area contributed by atoms with Crippen molar-refractivity contribution in [3.63, 3.8) is 0 Å². The number of esters is 1. The molecular formula is C20H15ClN4O3S. The van der Waals surface area contributed by atoms with Crippen LogP contribution in [0.1, 0.15) is 5.56 Å². The summed E-state index contributed by atoms with van der Waals surface area (Å²) in [6, 6.07) is 16.5. The zero-order valence-corrected chi connectivity index (χ0v) is 16.6. The van der Waals surface area contributed by atoms with E-state index in [0.29, 0.717) is 16.1 Å². The second-order valence-electron chi connectivity index (χ2n) is 5.95. The number of carbonyl (C=O) groups is 1. The summed E-state index contributed by atoms with van der Waals surface area (Å²) in [5.74, 6) is 0.0837. The number of rotatable bonds is 7. The number of benzene rings is 2. The van der Waals surface area contributed by atoms with Gasteiger partial charge in [-0.1, -0.05) is 35.5 Å². The molecule has 0 aliphatic carbocycles. The van der Waals surface area contributed by atoms with Crippen LogP contribution in [0.15, 0.2) is 76.6 Å². The molecule has 9 heteroatoms. The summed E-state index contributed by atoms with van der Waals surface area (Å²) in [6.45, 7) is 0.193. The topological polar surface area (TPSA) is 83.0 Å². The summed E-state index contributed by atoms with van der Waals surface area (Å²) in [7, 11) is 0. The van der Waals surface area contributed by atoms with E-state index in [2.05, 4.69) is 15.3 Å². The number of hydrogen-bond donors (Lipinski definition) is 0. The highest BCUT2D eigenvalue weighted by Gasteiger charge is 2.12. The van der Waals surface area contributed by atoms with E-state index in [-0.39, 0.29) is 18.3 Å². The van der Waals surface area contributed by atoms with Gasteiger partial charge in [-0.2, -0.15) is 5.10 Å². The molecule has 0 fully saturated rings. The van der Waals surface area contributed by atoms with Crippen LogP contribution < -0.4 is 0 Å². The Hall–Kier alpha value is -3.10. The Bertz CT molecular complexity index is 1080. The SMILES string of the molecule is O=C(CSc1nnc(-c2ccc(Cl)cc2)o1)OCc1ccc(-n2cccn2)cc1. The molecule has 0 N–H and O–H groups in total. The Labute approximate surface area is 175 Å². The minimum Gasteiger partial charge on any atom is -0.460 e. The van der Waals surface area contributed by atoms with Gasteiger partial charge >= 0.3 is 5.97 Å². The Morgan fingerprint density at radius 1 is 1.10 bits per heavy atom. The zero-order chi connectivity index (χ0) is 20.1. The highest BCUT2D eigenvalue weighted by molar-refractivity contribution is 7.99. The van der Waals surface area contributed by atoms with Gasteiger partial charge in [-0.15, -0.1) is 10.2 Å². The lowest BCUT2D eigenvalue weighted by Crippen LogP contribution is -2.07. The lowest BCUT2D eigenvalue weighted by molar-refractivity contribution is -0.141.